The van der Waals surface area contributed by atoms with E-state index in [0.29, 0.717) is 29.7 Å². The summed E-state index contributed by atoms with van der Waals surface area (Å²) in [5.41, 5.74) is 5.50. The van der Waals surface area contributed by atoms with E-state index in [0.717, 1.165) is 39.9 Å². The van der Waals surface area contributed by atoms with Crippen LogP contribution < -0.4 is 10.1 Å². The van der Waals surface area contributed by atoms with E-state index in [2.05, 4.69) is 10.3 Å². The maximum atomic E-state index is 14.0. The van der Waals surface area contributed by atoms with Crippen LogP contribution in [0.4, 0.5) is 0 Å². The Bertz CT molecular complexity index is 1550. The van der Waals surface area contributed by atoms with E-state index in [1.807, 2.05) is 74.7 Å². The van der Waals surface area contributed by atoms with Crippen LogP contribution in [0.1, 0.15) is 58.9 Å². The molecule has 0 bridgehead atoms. The molecule has 7 heteroatoms. The highest BCUT2D eigenvalue weighted by Gasteiger charge is 2.42. The number of carbonyl (C=O) groups excluding carboxylic acids is 2. The smallest absolute Gasteiger partial charge is 0.337 e. The Morgan fingerprint density at radius 3 is 2.72 bits per heavy atom. The molecule has 1 aromatic heterocycles. The van der Waals surface area contributed by atoms with E-state index in [1.54, 1.807) is 13.2 Å². The van der Waals surface area contributed by atoms with Gasteiger partial charge in [0.2, 0.25) is 0 Å². The molecule has 0 radical (unpaired) electrons. The predicted octanol–water partition coefficient (Wildman–Crippen LogP) is 6.56. The summed E-state index contributed by atoms with van der Waals surface area (Å²) in [6.45, 7) is 3.70. The van der Waals surface area contributed by atoms with E-state index in [4.69, 9.17) is 14.9 Å². The van der Waals surface area contributed by atoms with Crippen molar-refractivity contribution in [3.8, 4) is 5.75 Å². The minimum absolute atomic E-state index is 0. The number of hydrogen-bond acceptors (Lipinski definition) is 6. The number of ketones is 1. The molecule has 2 heterocycles. The van der Waals surface area contributed by atoms with E-state index < -0.39 is 11.9 Å². The fourth-order valence-corrected chi connectivity index (χ4v) is 5.73. The molecule has 0 amide bonds. The zero-order valence-corrected chi connectivity index (χ0v) is 22.5. The second-order valence-corrected chi connectivity index (χ2v) is 9.96. The third-order valence-electron chi connectivity index (χ3n) is 7.48. The summed E-state index contributed by atoms with van der Waals surface area (Å²) in [4.78, 5) is 30.8. The lowest BCUT2D eigenvalue weighted by Crippen LogP contribution is -2.36. The summed E-state index contributed by atoms with van der Waals surface area (Å²) >= 11 is 0. The van der Waals surface area contributed by atoms with E-state index in [9.17, 15) is 9.59 Å². The molecule has 1 aliphatic heterocycles. The van der Waals surface area contributed by atoms with Crippen molar-refractivity contribution in [1.82, 2.24) is 10.3 Å². The first-order valence-corrected chi connectivity index (χ1v) is 13.3. The fourth-order valence-electron chi connectivity index (χ4n) is 5.73. The maximum Gasteiger partial charge on any atom is 0.337 e. The van der Waals surface area contributed by atoms with Crippen molar-refractivity contribution in [2.75, 3.05) is 13.7 Å². The highest BCUT2D eigenvalue weighted by atomic mass is 16.5. The highest BCUT2D eigenvalue weighted by molar-refractivity contribution is 6.06. The number of esters is 1. The molecular formula is C32H37N3O4. The maximum absolute atomic E-state index is 14.0. The van der Waals surface area contributed by atoms with Gasteiger partial charge >= 0.3 is 5.97 Å². The summed E-state index contributed by atoms with van der Waals surface area (Å²) in [6.07, 6.45) is 7.09. The number of Topliss-reactive ketones (excluding diaryl/α,β-unsaturated/α-hetero) is 1. The number of allylic oxidation sites excluding steroid dienone is 4. The summed E-state index contributed by atoms with van der Waals surface area (Å²) in [7, 11) is 1.64. The SMILES string of the molecule is CC/C=C\C(=N)COC(=O)C1=C(C)NC2=C(C(=O)C[C@H](c3ccccc3OC)C2)C1c1cccc2[nH]ccc12.[HH].[HH]. The van der Waals surface area contributed by atoms with Crippen LogP contribution in [-0.2, 0) is 14.3 Å². The minimum atomic E-state index is -0.584. The lowest BCUT2D eigenvalue weighted by Gasteiger charge is -2.37. The summed E-state index contributed by atoms with van der Waals surface area (Å²) < 4.78 is 11.2. The van der Waals surface area contributed by atoms with E-state index in [-0.39, 0.29) is 26.9 Å². The number of nitrogens with one attached hydrogen (secondary N) is 3. The zero-order chi connectivity index (χ0) is 27.5. The number of dihydropyridines is 1. The second kappa shape index (κ2) is 11.2. The van der Waals surface area contributed by atoms with Gasteiger partial charge in [0.1, 0.15) is 12.4 Å². The number of methoxy groups -OCH3 is 1. The molecule has 204 valence electrons. The third-order valence-corrected chi connectivity index (χ3v) is 7.48. The molecule has 2 atom stereocenters. The molecule has 5 rings (SSSR count). The van der Waals surface area contributed by atoms with Gasteiger partial charge in [-0.25, -0.2) is 4.79 Å². The van der Waals surface area contributed by atoms with Crippen molar-refractivity contribution in [1.29, 1.82) is 5.41 Å². The summed E-state index contributed by atoms with van der Waals surface area (Å²) in [6, 6.07) is 15.7. The van der Waals surface area contributed by atoms with Crippen LogP contribution >= 0.6 is 0 Å². The molecule has 0 spiro atoms. The lowest BCUT2D eigenvalue weighted by molar-refractivity contribution is -0.137. The van der Waals surface area contributed by atoms with Gasteiger partial charge in [-0.3, -0.25) is 4.79 Å². The molecule has 3 aromatic rings. The van der Waals surface area contributed by atoms with E-state index in [1.165, 1.54) is 0 Å². The Morgan fingerprint density at radius 1 is 1.13 bits per heavy atom. The number of fused-ring (bicyclic) bond motifs is 1. The van der Waals surface area contributed by atoms with Crippen LogP contribution in [0.15, 0.2) is 89.4 Å². The van der Waals surface area contributed by atoms with Gasteiger partial charge < -0.3 is 25.2 Å². The van der Waals surface area contributed by atoms with Crippen LogP contribution in [0.5, 0.6) is 5.75 Å². The fraction of sp³-hybridized carbons (Fsp3) is 0.281. The monoisotopic (exact) mass is 527 g/mol. The summed E-state index contributed by atoms with van der Waals surface area (Å²) in [5.74, 6) is -0.401. The Hall–Kier alpha value is -4.39. The largest absolute Gasteiger partial charge is 0.496 e. The first-order chi connectivity index (χ1) is 18.9. The molecule has 1 aliphatic carbocycles. The van der Waals surface area contributed by atoms with Crippen molar-refractivity contribution in [2.45, 2.75) is 44.9 Å². The average molecular weight is 528 g/mol. The molecule has 39 heavy (non-hydrogen) atoms. The van der Waals surface area contributed by atoms with Gasteiger partial charge in [-0.2, -0.15) is 0 Å². The van der Waals surface area contributed by atoms with Crippen LogP contribution in [0.3, 0.4) is 0 Å². The number of ether oxygens (including phenoxy) is 2. The number of hydrogen-bond donors (Lipinski definition) is 3. The minimum Gasteiger partial charge on any atom is -0.496 e. The Balaban J connectivity index is 0.00000231. The molecule has 0 saturated carbocycles. The molecule has 2 aromatic carbocycles. The van der Waals surface area contributed by atoms with Gasteiger partial charge in [-0.05, 0) is 55.2 Å². The standard InChI is InChI=1S/C32H33N3O4.2H2/c1-4-5-9-21(33)18-39-32(37)29-19(2)35-26-16-20(22-10-6-7-13-28(22)38-3)17-27(36)31(26)30(29)24-11-8-12-25-23(24)14-15-34-25;;/h5-15,20,30,33-35H,4,16-18H2,1-3H3;2*1H/b9-5-,33-21?;;/t20-,30?;;/m1../s1. The van der Waals surface area contributed by atoms with Gasteiger partial charge in [-0.1, -0.05) is 43.3 Å². The summed E-state index contributed by atoms with van der Waals surface area (Å²) in [5, 5.41) is 12.4. The van der Waals surface area contributed by atoms with E-state index >= 15 is 0 Å². The first-order valence-electron chi connectivity index (χ1n) is 13.3. The Kier molecular flexibility index (Phi) is 7.50. The molecule has 0 fully saturated rings. The van der Waals surface area contributed by atoms with Gasteiger partial charge in [0.05, 0.1) is 18.4 Å². The number of H-pyrrole nitrogens is 1. The Labute approximate surface area is 231 Å². The van der Waals surface area contributed by atoms with Gasteiger partial charge in [0, 0.05) is 55.2 Å². The van der Waals surface area contributed by atoms with Crippen LogP contribution in [0.2, 0.25) is 0 Å². The van der Waals surface area contributed by atoms with Crippen molar-refractivity contribution < 1.29 is 21.9 Å². The number of carbonyl (C=O) groups is 2. The quantitative estimate of drug-likeness (QED) is 0.227. The highest BCUT2D eigenvalue weighted by Crippen LogP contribution is 2.48. The molecule has 1 unspecified atom stereocenters. The Morgan fingerprint density at radius 2 is 1.92 bits per heavy atom. The van der Waals surface area contributed by atoms with Crippen molar-refractivity contribution >= 4 is 28.4 Å². The number of aromatic amines is 1. The number of aromatic nitrogens is 1. The number of rotatable bonds is 8. The second-order valence-electron chi connectivity index (χ2n) is 9.96. The van der Waals surface area contributed by atoms with Crippen molar-refractivity contribution in [2.24, 2.45) is 0 Å². The van der Waals surface area contributed by atoms with Gasteiger partial charge in [0.15, 0.2) is 5.78 Å². The van der Waals surface area contributed by atoms with Crippen molar-refractivity contribution in [3.63, 3.8) is 0 Å². The predicted molar refractivity (Wildman–Crippen MR) is 156 cm³/mol. The lowest BCUT2D eigenvalue weighted by atomic mass is 9.71. The van der Waals surface area contributed by atoms with Crippen LogP contribution in [-0.4, -0.2) is 36.2 Å². The van der Waals surface area contributed by atoms with Crippen LogP contribution in [0, 0.1) is 5.41 Å². The molecule has 3 N–H and O–H groups in total. The zero-order valence-electron chi connectivity index (χ0n) is 22.5. The normalized spacial score (nSPS) is 19.3. The van der Waals surface area contributed by atoms with Gasteiger partial charge in [-0.15, -0.1) is 0 Å². The first kappa shape index (κ1) is 26.2. The molecule has 2 aliphatic rings. The average Bonchev–Trinajstić information content (AvgIpc) is 3.43. The number of para-hydroxylation sites is 1. The molecule has 0 saturated heterocycles. The number of benzene rings is 2. The van der Waals surface area contributed by atoms with Crippen LogP contribution in [0.25, 0.3) is 10.9 Å². The molecule has 7 nitrogen and oxygen atoms in total. The topological polar surface area (TPSA) is 104 Å². The molecular weight excluding hydrogens is 490 g/mol. The third kappa shape index (κ3) is 5.04. The van der Waals surface area contributed by atoms with Crippen molar-refractivity contribution in [3.05, 3.63) is 101 Å². The van der Waals surface area contributed by atoms with Gasteiger partial charge in [0.25, 0.3) is 0 Å².